The minimum atomic E-state index is -1.22. The fraction of sp³-hybridized carbons (Fsp3) is 0.917. The smallest absolute Gasteiger partial charge is 0.862 e. The fourth-order valence-electron chi connectivity index (χ4n) is 7.11. The third-order valence-electron chi connectivity index (χ3n) is 11.1. The molecular weight excluding hydrogens is 769 g/mol. The molecule has 0 saturated carbocycles. The van der Waals surface area contributed by atoms with Gasteiger partial charge in [-0.25, -0.2) is 0 Å². The second kappa shape index (κ2) is 51.4. The third-order valence-corrected chi connectivity index (χ3v) is 11.1. The van der Waals surface area contributed by atoms with Crippen LogP contribution in [0.2, 0.25) is 0 Å². The van der Waals surface area contributed by atoms with Crippen molar-refractivity contribution in [1.82, 2.24) is 5.32 Å². The van der Waals surface area contributed by atoms with Crippen molar-refractivity contribution in [3.8, 4) is 0 Å². The second-order valence-electron chi connectivity index (χ2n) is 16.9. The van der Waals surface area contributed by atoms with E-state index in [-0.39, 0.29) is 49.5 Å². The molecule has 0 fully saturated rings. The summed E-state index contributed by atoms with van der Waals surface area (Å²) in [4.78, 5) is 36.9. The minimum Gasteiger partial charge on any atom is -0.862 e. The molecule has 0 bridgehead atoms. The van der Waals surface area contributed by atoms with E-state index in [2.05, 4.69) is 24.2 Å². The Labute approximate surface area is 393 Å². The zero-order valence-corrected chi connectivity index (χ0v) is 40.9. The van der Waals surface area contributed by atoms with Crippen LogP contribution < -0.4 is 27.0 Å². The number of hydrogen-bond acceptors (Lipinski definition) is 8. The van der Waals surface area contributed by atoms with E-state index < -0.39 is 24.0 Å². The van der Waals surface area contributed by atoms with Crippen molar-refractivity contribution < 1.29 is 29.7 Å². The van der Waals surface area contributed by atoms with Crippen molar-refractivity contribution in [2.75, 3.05) is 13.1 Å². The number of amides is 1. The largest absolute Gasteiger partial charge is 2.00 e. The number of nitrogens with one attached hydrogen (secondary N) is 1. The van der Waals surface area contributed by atoms with E-state index in [1.807, 2.05) is 0 Å². The molecule has 2 atom stereocenters. The average molecular weight is 863 g/mol. The van der Waals surface area contributed by atoms with Crippen molar-refractivity contribution in [3.05, 3.63) is 0 Å². The predicted octanol–water partition coefficient (Wildman–Crippen LogP) is 9.82. The summed E-state index contributed by atoms with van der Waals surface area (Å²) in [5.74, 6) is -2.08. The first kappa shape index (κ1) is 62.4. The molecule has 0 aromatic rings. The van der Waals surface area contributed by atoms with Crippen LogP contribution in [0.5, 0.6) is 0 Å². The first-order valence-electron chi connectivity index (χ1n) is 24.6. The maximum absolute atomic E-state index is 11.8. The van der Waals surface area contributed by atoms with Crippen LogP contribution >= 0.6 is 0 Å². The van der Waals surface area contributed by atoms with Gasteiger partial charge < -0.3 is 41.9 Å². The zero-order valence-electron chi connectivity index (χ0n) is 38.7. The van der Waals surface area contributed by atoms with E-state index in [1.54, 1.807) is 0 Å². The molecule has 0 unspecified atom stereocenters. The van der Waals surface area contributed by atoms with Gasteiger partial charge >= 0.3 is 43.7 Å². The van der Waals surface area contributed by atoms with E-state index in [0.29, 0.717) is 51.6 Å². The van der Waals surface area contributed by atoms with Crippen molar-refractivity contribution in [3.63, 3.8) is 0 Å². The Balaban J connectivity index is -0.00000105. The van der Waals surface area contributed by atoms with Crippen molar-refractivity contribution in [1.29, 1.82) is 0 Å². The molecule has 0 saturated heterocycles. The molecule has 1 amide bonds. The van der Waals surface area contributed by atoms with Gasteiger partial charge in [0.25, 0.3) is 0 Å². The third kappa shape index (κ3) is 53.1. The number of carboxylic acids is 2. The molecule has 344 valence electrons. The Morgan fingerprint density at radius 2 is 0.831 bits per heavy atom. The number of carbonyl (C=O) groups excluding carboxylic acids is 2. The Bertz CT molecular complexity index is 941. The van der Waals surface area contributed by atoms with Crippen LogP contribution in [0.3, 0.4) is 0 Å². The van der Waals surface area contributed by atoms with Crippen LogP contribution in [0.25, 0.3) is 0 Å². The van der Waals surface area contributed by atoms with Crippen LogP contribution in [0, 0.1) is 0 Å². The standard InChI is InChI=1S/2C24H48N2O3.Ca/c2*1-2-3-4-5-6-7-8-9-10-11-12-13-14-15-16-20-23(27)26-21-18-17-19-22(25)24(28)29;/h2*22H,2-21,25H2,1H3,(H,26,27)(H,28,29);/q;;+2/p-2/t2*22-;/m00./s1. The summed E-state index contributed by atoms with van der Waals surface area (Å²) in [6.07, 6.45) is 44.6. The molecular formula is C48H94CaN4O6. The Kier molecular flexibility index (Phi) is 54.3. The maximum atomic E-state index is 11.8. The molecule has 0 aromatic heterocycles. The van der Waals surface area contributed by atoms with E-state index >= 15 is 0 Å². The van der Waals surface area contributed by atoms with Crippen LogP contribution in [0.4, 0.5) is 0 Å². The summed E-state index contributed by atoms with van der Waals surface area (Å²) >= 11 is 0. The van der Waals surface area contributed by atoms with Gasteiger partial charge in [0, 0.05) is 25.6 Å². The van der Waals surface area contributed by atoms with Crippen LogP contribution in [0.1, 0.15) is 258 Å². The molecule has 0 rings (SSSR count). The average Bonchev–Trinajstić information content (AvgIpc) is 3.20. The predicted molar refractivity (Wildman–Crippen MR) is 246 cm³/mol. The van der Waals surface area contributed by atoms with E-state index in [1.165, 1.54) is 167 Å². The molecule has 59 heavy (non-hydrogen) atoms. The number of carbonyl (C=O) groups is 3. The monoisotopic (exact) mass is 863 g/mol. The summed E-state index contributed by atoms with van der Waals surface area (Å²) in [5, 5.41) is 33.8. The Morgan fingerprint density at radius 1 is 0.492 bits per heavy atom. The number of rotatable bonds is 44. The summed E-state index contributed by atoms with van der Waals surface area (Å²) in [7, 11) is 0. The SMILES string of the molecule is CCCCCCCCCCCCCCCCCC(=O)NCCCC[C@H](N)C(=O)O.CCCCCCCCCCCCCCCCCC([O-])=NCCCC[C@H](N)C(=O)[O-].[Ca+2]. The van der Waals surface area contributed by atoms with Gasteiger partial charge in [-0.05, 0) is 63.7 Å². The number of nitrogens with zero attached hydrogens (tertiary/aromatic N) is 1. The number of aliphatic carboxylic acids is 2. The van der Waals surface area contributed by atoms with Gasteiger partial charge in [-0.3, -0.25) is 9.59 Å². The normalized spacial score (nSPS) is 12.3. The zero-order chi connectivity index (χ0) is 43.2. The van der Waals surface area contributed by atoms with Gasteiger partial charge in [-0.1, -0.05) is 194 Å². The quantitative estimate of drug-likeness (QED) is 0.0201. The molecule has 0 aliphatic heterocycles. The number of nitrogens with two attached hydrogens (primary N) is 2. The second-order valence-corrected chi connectivity index (χ2v) is 16.9. The van der Waals surface area contributed by atoms with Crippen LogP contribution in [-0.2, 0) is 14.4 Å². The van der Waals surface area contributed by atoms with Gasteiger partial charge in [0.15, 0.2) is 0 Å². The minimum absolute atomic E-state index is 0. The van der Waals surface area contributed by atoms with Gasteiger partial charge in [0.05, 0.1) is 5.97 Å². The number of aliphatic imine (C=N–C) groups is 1. The number of unbranched alkanes of at least 4 members (excludes halogenated alkanes) is 30. The number of hydrogen-bond donors (Lipinski definition) is 4. The van der Waals surface area contributed by atoms with Gasteiger partial charge in [0.1, 0.15) is 6.04 Å². The van der Waals surface area contributed by atoms with Crippen LogP contribution in [-0.4, -0.2) is 91.8 Å². The Morgan fingerprint density at radius 3 is 1.20 bits per heavy atom. The van der Waals surface area contributed by atoms with E-state index in [4.69, 9.17) is 16.6 Å². The summed E-state index contributed by atoms with van der Waals surface area (Å²) in [6, 6.07) is -1.70. The van der Waals surface area contributed by atoms with Gasteiger partial charge in [-0.15, -0.1) is 0 Å². The van der Waals surface area contributed by atoms with Crippen molar-refractivity contribution >= 4 is 61.5 Å². The molecule has 0 aromatic carbocycles. The summed E-state index contributed by atoms with van der Waals surface area (Å²) in [6.45, 7) is 5.62. The summed E-state index contributed by atoms with van der Waals surface area (Å²) < 4.78 is 0. The first-order chi connectivity index (χ1) is 28.1. The fourth-order valence-corrected chi connectivity index (χ4v) is 7.11. The molecule has 0 spiro atoms. The number of carboxylic acid groups (broad SMARTS) is 2. The van der Waals surface area contributed by atoms with Gasteiger partial charge in [0.2, 0.25) is 5.91 Å². The van der Waals surface area contributed by atoms with E-state index in [0.717, 1.165) is 38.5 Å². The molecule has 0 heterocycles. The van der Waals surface area contributed by atoms with Crippen molar-refractivity contribution in [2.24, 2.45) is 16.5 Å². The topological polar surface area (TPSA) is 194 Å². The molecule has 0 aliphatic carbocycles. The van der Waals surface area contributed by atoms with Crippen LogP contribution in [0.15, 0.2) is 4.99 Å². The molecule has 0 radical (unpaired) electrons. The molecule has 6 N–H and O–H groups in total. The van der Waals surface area contributed by atoms with Gasteiger partial charge in [-0.2, -0.15) is 0 Å². The molecule has 11 heteroatoms. The molecule has 10 nitrogen and oxygen atoms in total. The van der Waals surface area contributed by atoms with Crippen molar-refractivity contribution in [2.45, 2.75) is 270 Å². The molecule has 0 aliphatic rings. The maximum Gasteiger partial charge on any atom is 2.00 e. The van der Waals surface area contributed by atoms with E-state index in [9.17, 15) is 24.6 Å². The summed E-state index contributed by atoms with van der Waals surface area (Å²) in [5.41, 5.74) is 10.8. The first-order valence-corrected chi connectivity index (χ1v) is 24.6. The Hall–Kier alpha value is -0.940.